The van der Waals surface area contributed by atoms with Gasteiger partial charge in [-0.1, -0.05) is 18.2 Å². The van der Waals surface area contributed by atoms with Crippen LogP contribution in [0.2, 0.25) is 0 Å². The molecule has 18 heavy (non-hydrogen) atoms. The Morgan fingerprint density at radius 2 is 2.17 bits per heavy atom. The molecular formula is C13H13FN4. The molecule has 2 aromatic rings. The summed E-state index contributed by atoms with van der Waals surface area (Å²) in [6, 6.07) is 8.48. The quantitative estimate of drug-likeness (QED) is 0.898. The highest BCUT2D eigenvalue weighted by atomic mass is 19.1. The van der Waals surface area contributed by atoms with E-state index in [4.69, 9.17) is 11.0 Å². The van der Waals surface area contributed by atoms with Gasteiger partial charge in [0.25, 0.3) is 0 Å². The molecule has 92 valence electrons. The molecule has 2 rings (SSSR count). The van der Waals surface area contributed by atoms with Crippen LogP contribution in [0.1, 0.15) is 23.7 Å². The van der Waals surface area contributed by atoms with E-state index in [9.17, 15) is 4.39 Å². The first-order valence-electron chi connectivity index (χ1n) is 5.66. The summed E-state index contributed by atoms with van der Waals surface area (Å²) >= 11 is 0. The van der Waals surface area contributed by atoms with Gasteiger partial charge in [-0.3, -0.25) is 0 Å². The third kappa shape index (κ3) is 2.05. The summed E-state index contributed by atoms with van der Waals surface area (Å²) < 4.78 is 15.1. The number of nitrogens with two attached hydrogens (primary N) is 1. The third-order valence-electron chi connectivity index (χ3n) is 2.79. The second kappa shape index (κ2) is 4.88. The number of benzene rings is 1. The Labute approximate surface area is 104 Å². The van der Waals surface area contributed by atoms with Gasteiger partial charge >= 0.3 is 0 Å². The van der Waals surface area contributed by atoms with Crippen molar-refractivity contribution < 1.29 is 4.39 Å². The van der Waals surface area contributed by atoms with Crippen LogP contribution in [0, 0.1) is 17.1 Å². The Kier molecular flexibility index (Phi) is 3.28. The molecule has 0 saturated heterocycles. The standard InChI is InChI=1S/C13H13FN4/c1-2-18-13(16)10(8-15)12(17-18)7-9-5-3-4-6-11(9)14/h3-6H,2,7,16H2,1H3. The fourth-order valence-electron chi connectivity index (χ4n) is 1.84. The van der Waals surface area contributed by atoms with Crippen molar-refractivity contribution in [3.05, 3.63) is 46.9 Å². The first-order valence-corrected chi connectivity index (χ1v) is 5.66. The van der Waals surface area contributed by atoms with Gasteiger partial charge in [0.2, 0.25) is 0 Å². The highest BCUT2D eigenvalue weighted by Crippen LogP contribution is 2.20. The molecule has 4 nitrogen and oxygen atoms in total. The molecule has 0 aliphatic carbocycles. The van der Waals surface area contributed by atoms with E-state index in [0.717, 1.165) is 0 Å². The topological polar surface area (TPSA) is 67.6 Å². The second-order valence-electron chi connectivity index (χ2n) is 3.90. The maximum atomic E-state index is 13.6. The molecule has 1 aromatic heterocycles. The molecule has 0 amide bonds. The van der Waals surface area contributed by atoms with Crippen molar-refractivity contribution >= 4 is 5.82 Å². The van der Waals surface area contributed by atoms with Crippen LogP contribution in [0.5, 0.6) is 0 Å². The van der Waals surface area contributed by atoms with Crippen molar-refractivity contribution in [2.24, 2.45) is 0 Å². The first kappa shape index (κ1) is 12.1. The number of nitrogens with zero attached hydrogens (tertiary/aromatic N) is 3. The third-order valence-corrected chi connectivity index (χ3v) is 2.79. The summed E-state index contributed by atoms with van der Waals surface area (Å²) in [4.78, 5) is 0. The van der Waals surface area contributed by atoms with E-state index in [2.05, 4.69) is 5.10 Å². The zero-order chi connectivity index (χ0) is 13.1. The predicted octanol–water partition coefficient (Wildman–Crippen LogP) is 2.09. The van der Waals surface area contributed by atoms with E-state index in [1.807, 2.05) is 13.0 Å². The van der Waals surface area contributed by atoms with Crippen molar-refractivity contribution in [2.45, 2.75) is 19.9 Å². The van der Waals surface area contributed by atoms with E-state index in [-0.39, 0.29) is 12.2 Å². The van der Waals surface area contributed by atoms with Crippen molar-refractivity contribution in [1.29, 1.82) is 5.26 Å². The molecule has 0 fully saturated rings. The Morgan fingerprint density at radius 1 is 1.44 bits per heavy atom. The summed E-state index contributed by atoms with van der Waals surface area (Å²) in [5.74, 6) is 0.0392. The van der Waals surface area contributed by atoms with Gasteiger partial charge in [-0.15, -0.1) is 0 Å². The van der Waals surface area contributed by atoms with Gasteiger partial charge < -0.3 is 5.73 Å². The largest absolute Gasteiger partial charge is 0.383 e. The van der Waals surface area contributed by atoms with E-state index < -0.39 is 0 Å². The number of aromatic nitrogens is 2. The first-order chi connectivity index (χ1) is 8.67. The van der Waals surface area contributed by atoms with Gasteiger partial charge in [-0.2, -0.15) is 10.4 Å². The summed E-state index contributed by atoms with van der Waals surface area (Å²) in [5.41, 5.74) is 7.16. The number of hydrogen-bond acceptors (Lipinski definition) is 3. The fraction of sp³-hybridized carbons (Fsp3) is 0.231. The highest BCUT2D eigenvalue weighted by molar-refractivity contribution is 5.53. The van der Waals surface area contributed by atoms with Crippen LogP contribution >= 0.6 is 0 Å². The lowest BCUT2D eigenvalue weighted by Gasteiger charge is -2.00. The molecule has 0 aliphatic heterocycles. The molecule has 0 bridgehead atoms. The van der Waals surface area contributed by atoms with E-state index in [0.29, 0.717) is 29.2 Å². The van der Waals surface area contributed by atoms with Gasteiger partial charge in [0, 0.05) is 13.0 Å². The van der Waals surface area contributed by atoms with Gasteiger partial charge in [0.1, 0.15) is 23.3 Å². The van der Waals surface area contributed by atoms with Crippen LogP contribution in [0.25, 0.3) is 0 Å². The summed E-state index contributed by atoms with van der Waals surface area (Å²) in [6.07, 6.45) is 0.271. The second-order valence-corrected chi connectivity index (χ2v) is 3.90. The van der Waals surface area contributed by atoms with Crippen LogP contribution in [0.3, 0.4) is 0 Å². The van der Waals surface area contributed by atoms with Crippen molar-refractivity contribution in [3.8, 4) is 6.07 Å². The Balaban J connectivity index is 2.41. The lowest BCUT2D eigenvalue weighted by molar-refractivity contribution is 0.610. The molecule has 1 heterocycles. The predicted molar refractivity (Wildman–Crippen MR) is 66.2 cm³/mol. The molecule has 2 N–H and O–H groups in total. The minimum Gasteiger partial charge on any atom is -0.383 e. The molecule has 0 radical (unpaired) electrons. The lowest BCUT2D eigenvalue weighted by Crippen LogP contribution is -2.02. The molecule has 0 saturated carbocycles. The smallest absolute Gasteiger partial charge is 0.140 e. The fourth-order valence-corrected chi connectivity index (χ4v) is 1.84. The van der Waals surface area contributed by atoms with Gasteiger partial charge in [-0.25, -0.2) is 9.07 Å². The number of rotatable bonds is 3. The molecular weight excluding hydrogens is 231 g/mol. The number of hydrogen-bond donors (Lipinski definition) is 1. The number of anilines is 1. The monoisotopic (exact) mass is 244 g/mol. The van der Waals surface area contributed by atoms with Crippen molar-refractivity contribution in [3.63, 3.8) is 0 Å². The van der Waals surface area contributed by atoms with E-state index >= 15 is 0 Å². The van der Waals surface area contributed by atoms with Crippen molar-refractivity contribution in [2.75, 3.05) is 5.73 Å². The van der Waals surface area contributed by atoms with Crippen LogP contribution in [0.15, 0.2) is 24.3 Å². The molecule has 0 spiro atoms. The summed E-state index contributed by atoms with van der Waals surface area (Å²) in [5, 5.41) is 13.3. The maximum Gasteiger partial charge on any atom is 0.140 e. The van der Waals surface area contributed by atoms with Gasteiger partial charge in [-0.05, 0) is 18.6 Å². The molecule has 5 heteroatoms. The SMILES string of the molecule is CCn1nc(Cc2ccccc2F)c(C#N)c1N. The Bertz CT molecular complexity index is 610. The zero-order valence-corrected chi connectivity index (χ0v) is 10.0. The van der Waals surface area contributed by atoms with Gasteiger partial charge in [0.05, 0.1) is 5.69 Å². The number of halogens is 1. The molecule has 0 unspecified atom stereocenters. The number of nitriles is 1. The Hall–Kier alpha value is -2.35. The maximum absolute atomic E-state index is 13.6. The van der Waals surface area contributed by atoms with Crippen LogP contribution in [0.4, 0.5) is 10.2 Å². The average Bonchev–Trinajstić information content (AvgIpc) is 2.68. The molecule has 0 aliphatic rings. The lowest BCUT2D eigenvalue weighted by atomic mass is 10.1. The van der Waals surface area contributed by atoms with Crippen LogP contribution in [-0.2, 0) is 13.0 Å². The van der Waals surface area contributed by atoms with E-state index in [1.165, 1.54) is 6.07 Å². The summed E-state index contributed by atoms with van der Waals surface area (Å²) in [6.45, 7) is 2.47. The van der Waals surface area contributed by atoms with Gasteiger partial charge in [0.15, 0.2) is 0 Å². The Morgan fingerprint density at radius 3 is 2.78 bits per heavy atom. The molecule has 1 aromatic carbocycles. The average molecular weight is 244 g/mol. The summed E-state index contributed by atoms with van der Waals surface area (Å²) in [7, 11) is 0. The minimum atomic E-state index is -0.300. The van der Waals surface area contributed by atoms with Crippen LogP contribution < -0.4 is 5.73 Å². The van der Waals surface area contributed by atoms with E-state index in [1.54, 1.807) is 22.9 Å². The molecule has 0 atom stereocenters. The van der Waals surface area contributed by atoms with Crippen molar-refractivity contribution in [1.82, 2.24) is 9.78 Å². The van der Waals surface area contributed by atoms with Crippen LogP contribution in [-0.4, -0.2) is 9.78 Å². The highest BCUT2D eigenvalue weighted by Gasteiger charge is 2.15. The number of nitrogen functional groups attached to an aromatic ring is 1. The minimum absolute atomic E-state index is 0.271. The number of aryl methyl sites for hydroxylation is 1. The zero-order valence-electron chi connectivity index (χ0n) is 10.0. The normalized spacial score (nSPS) is 10.3.